The van der Waals surface area contributed by atoms with Gasteiger partial charge in [0.25, 0.3) is 0 Å². The molecule has 0 unspecified atom stereocenters. The molecule has 1 heterocycles. The second-order valence-electron chi connectivity index (χ2n) is 2.42. The van der Waals surface area contributed by atoms with Crippen LogP contribution in [0, 0.1) is 0 Å². The van der Waals surface area contributed by atoms with Crippen LogP contribution in [0.2, 0.25) is 0 Å². The normalized spacial score (nSPS) is 13.0. The molecule has 1 aromatic rings. The minimum Gasteiger partial charge on any atom is -0.264 e. The van der Waals surface area contributed by atoms with Gasteiger partial charge >= 0.3 is 12.4 Å². The van der Waals surface area contributed by atoms with E-state index in [0.717, 1.165) is 0 Å². The van der Waals surface area contributed by atoms with Crippen molar-refractivity contribution in [2.45, 2.75) is 12.4 Å². The molecule has 0 aliphatic rings. The summed E-state index contributed by atoms with van der Waals surface area (Å²) in [4.78, 5) is 3.01. The quantitative estimate of drug-likeness (QED) is 0.606. The van der Waals surface area contributed by atoms with Gasteiger partial charge in [0.2, 0.25) is 0 Å². The van der Waals surface area contributed by atoms with E-state index in [9.17, 15) is 26.3 Å². The minimum atomic E-state index is -5.04. The van der Waals surface area contributed by atoms with Gasteiger partial charge in [-0.15, -0.1) is 0 Å². The Morgan fingerprint density at radius 1 is 0.857 bits per heavy atom. The molecule has 0 aliphatic heterocycles. The molecule has 0 amide bonds. The molecule has 0 N–H and O–H groups in total. The average molecular weight is 215 g/mol. The van der Waals surface area contributed by atoms with Crippen molar-refractivity contribution >= 4 is 0 Å². The fourth-order valence-electron chi connectivity index (χ4n) is 0.868. The van der Waals surface area contributed by atoms with Gasteiger partial charge in [-0.1, -0.05) is 0 Å². The van der Waals surface area contributed by atoms with Gasteiger partial charge in [0.15, 0.2) is 0 Å². The van der Waals surface area contributed by atoms with Crippen molar-refractivity contribution in [2.24, 2.45) is 0 Å². The van der Waals surface area contributed by atoms with E-state index in [1.807, 2.05) is 0 Å². The Morgan fingerprint density at radius 3 is 1.71 bits per heavy atom. The molecule has 1 nitrogen and oxygen atoms in total. The monoisotopic (exact) mass is 215 g/mol. The third kappa shape index (κ3) is 2.15. The number of hydrogen-bond acceptors (Lipinski definition) is 1. The molecule has 1 aromatic heterocycles. The van der Waals surface area contributed by atoms with Gasteiger partial charge in [0.1, 0.15) is 0 Å². The Morgan fingerprint density at radius 2 is 1.36 bits per heavy atom. The van der Waals surface area contributed by atoms with E-state index in [2.05, 4.69) is 4.98 Å². The van der Waals surface area contributed by atoms with Crippen molar-refractivity contribution in [3.05, 3.63) is 29.6 Å². The Bertz CT molecular complexity index is 293. The fraction of sp³-hybridized carbons (Fsp3) is 0.286. The highest BCUT2D eigenvalue weighted by Crippen LogP contribution is 2.39. The van der Waals surface area contributed by atoms with Gasteiger partial charge < -0.3 is 0 Å². The highest BCUT2D eigenvalue weighted by molar-refractivity contribution is 5.28. The molecule has 0 atom stereocenters. The predicted octanol–water partition coefficient (Wildman–Crippen LogP) is 3.12. The van der Waals surface area contributed by atoms with E-state index in [-0.39, 0.29) is 6.20 Å². The summed E-state index contributed by atoms with van der Waals surface area (Å²) in [5.74, 6) is 0. The highest BCUT2D eigenvalue weighted by Gasteiger charge is 2.42. The van der Waals surface area contributed by atoms with Crippen LogP contribution in [0.15, 0.2) is 18.5 Å². The summed E-state index contributed by atoms with van der Waals surface area (Å²) in [7, 11) is 0. The summed E-state index contributed by atoms with van der Waals surface area (Å²) < 4.78 is 72.3. The highest BCUT2D eigenvalue weighted by atomic mass is 19.4. The molecule has 0 aromatic carbocycles. The maximum absolute atomic E-state index is 12.1. The SMILES string of the molecule is FC(F)(F)c1ccncc1C(F)(F)F. The zero-order chi connectivity index (χ0) is 11.0. The van der Waals surface area contributed by atoms with Crippen LogP contribution in [-0.4, -0.2) is 4.98 Å². The number of halogens is 6. The summed E-state index contributed by atoms with van der Waals surface area (Å²) >= 11 is 0. The largest absolute Gasteiger partial charge is 0.418 e. The minimum absolute atomic E-state index is 0.156. The van der Waals surface area contributed by atoms with Crippen LogP contribution in [0.1, 0.15) is 11.1 Å². The van der Waals surface area contributed by atoms with Crippen molar-refractivity contribution in [3.8, 4) is 0 Å². The molecule has 0 saturated carbocycles. The maximum Gasteiger partial charge on any atom is 0.418 e. The van der Waals surface area contributed by atoms with Gasteiger partial charge in [-0.25, -0.2) is 0 Å². The second-order valence-corrected chi connectivity index (χ2v) is 2.42. The van der Waals surface area contributed by atoms with Crippen LogP contribution in [0.3, 0.4) is 0 Å². The maximum atomic E-state index is 12.1. The predicted molar refractivity (Wildman–Crippen MR) is 34.2 cm³/mol. The lowest BCUT2D eigenvalue weighted by atomic mass is 10.1. The molecule has 0 fully saturated rings. The van der Waals surface area contributed by atoms with Crippen LogP contribution in [-0.2, 0) is 12.4 Å². The number of pyridine rings is 1. The van der Waals surface area contributed by atoms with Gasteiger partial charge in [0, 0.05) is 12.4 Å². The molecule has 0 bridgehead atoms. The van der Waals surface area contributed by atoms with Crippen LogP contribution in [0.5, 0.6) is 0 Å². The van der Waals surface area contributed by atoms with Crippen molar-refractivity contribution in [3.63, 3.8) is 0 Å². The fourth-order valence-corrected chi connectivity index (χ4v) is 0.868. The molecular weight excluding hydrogens is 212 g/mol. The summed E-state index contributed by atoms with van der Waals surface area (Å²) in [6.07, 6.45) is -9.24. The average Bonchev–Trinajstić information content (AvgIpc) is 2.01. The van der Waals surface area contributed by atoms with E-state index in [0.29, 0.717) is 12.3 Å². The van der Waals surface area contributed by atoms with E-state index < -0.39 is 23.5 Å². The third-order valence-electron chi connectivity index (χ3n) is 1.43. The van der Waals surface area contributed by atoms with Crippen molar-refractivity contribution in [1.82, 2.24) is 4.98 Å². The first-order chi connectivity index (χ1) is 6.23. The van der Waals surface area contributed by atoms with Crippen LogP contribution in [0.4, 0.5) is 26.3 Å². The number of alkyl halides is 6. The van der Waals surface area contributed by atoms with Crippen molar-refractivity contribution < 1.29 is 26.3 Å². The molecule has 7 heteroatoms. The van der Waals surface area contributed by atoms with E-state index in [4.69, 9.17) is 0 Å². The number of hydrogen-bond donors (Lipinski definition) is 0. The summed E-state index contributed by atoms with van der Waals surface area (Å²) in [6.45, 7) is 0. The number of nitrogens with zero attached hydrogens (tertiary/aromatic N) is 1. The van der Waals surface area contributed by atoms with E-state index in [1.54, 1.807) is 0 Å². The summed E-state index contributed by atoms with van der Waals surface area (Å²) in [5, 5.41) is 0. The van der Waals surface area contributed by atoms with Crippen LogP contribution < -0.4 is 0 Å². The van der Waals surface area contributed by atoms with E-state index in [1.165, 1.54) is 0 Å². The summed E-state index contributed by atoms with van der Waals surface area (Å²) in [6, 6.07) is 0.294. The smallest absolute Gasteiger partial charge is 0.264 e. The lowest BCUT2D eigenvalue weighted by molar-refractivity contribution is -0.162. The lowest BCUT2D eigenvalue weighted by Crippen LogP contribution is -2.16. The molecule has 0 aliphatic carbocycles. The molecule has 0 saturated heterocycles. The Balaban J connectivity index is 3.31. The van der Waals surface area contributed by atoms with E-state index >= 15 is 0 Å². The molecule has 14 heavy (non-hydrogen) atoms. The Labute approximate surface area is 74.4 Å². The topological polar surface area (TPSA) is 12.9 Å². The molecule has 78 valence electrons. The van der Waals surface area contributed by atoms with Crippen LogP contribution >= 0.6 is 0 Å². The third-order valence-corrected chi connectivity index (χ3v) is 1.43. The van der Waals surface area contributed by atoms with Gasteiger partial charge in [-0.3, -0.25) is 4.98 Å². The first-order valence-corrected chi connectivity index (χ1v) is 3.31. The zero-order valence-corrected chi connectivity index (χ0v) is 6.45. The first kappa shape index (κ1) is 10.8. The molecular formula is C7H3F6N. The Hall–Kier alpha value is -1.27. The van der Waals surface area contributed by atoms with Gasteiger partial charge in [0.05, 0.1) is 11.1 Å². The van der Waals surface area contributed by atoms with Gasteiger partial charge in [-0.2, -0.15) is 26.3 Å². The lowest BCUT2D eigenvalue weighted by Gasteiger charge is -2.13. The Kier molecular flexibility index (Phi) is 2.43. The number of rotatable bonds is 0. The molecule has 0 radical (unpaired) electrons. The number of aromatic nitrogens is 1. The zero-order valence-electron chi connectivity index (χ0n) is 6.45. The van der Waals surface area contributed by atoms with Crippen molar-refractivity contribution in [2.75, 3.05) is 0 Å². The molecule has 0 spiro atoms. The first-order valence-electron chi connectivity index (χ1n) is 3.31. The van der Waals surface area contributed by atoms with Crippen molar-refractivity contribution in [1.29, 1.82) is 0 Å². The summed E-state index contributed by atoms with van der Waals surface area (Å²) in [5.41, 5.74) is -3.49. The second kappa shape index (κ2) is 3.14. The standard InChI is InChI=1S/C7H3F6N/c8-6(9,10)4-1-2-14-3-5(4)7(11,12)13/h1-3H. The van der Waals surface area contributed by atoms with Crippen LogP contribution in [0.25, 0.3) is 0 Å². The molecule has 1 rings (SSSR count). The van der Waals surface area contributed by atoms with Gasteiger partial charge in [-0.05, 0) is 6.07 Å².